The molecule has 1 fully saturated rings. The molecule has 3 heterocycles. The Kier molecular flexibility index (Phi) is 5.13. The Morgan fingerprint density at radius 1 is 1.16 bits per heavy atom. The quantitative estimate of drug-likeness (QED) is 0.400. The van der Waals surface area contributed by atoms with Crippen molar-refractivity contribution >= 4 is 33.2 Å². The number of rotatable bonds is 5. The van der Waals surface area contributed by atoms with Gasteiger partial charge in [0.05, 0.1) is 22.6 Å². The highest BCUT2D eigenvalue weighted by Crippen LogP contribution is 2.23. The number of ether oxygens (including phenoxy) is 1. The molecular formula is C24H24N4O3. The van der Waals surface area contributed by atoms with Gasteiger partial charge in [0, 0.05) is 44.9 Å². The van der Waals surface area contributed by atoms with E-state index in [0.29, 0.717) is 28.7 Å². The minimum absolute atomic E-state index is 0.178. The molecule has 0 unspecified atom stereocenters. The van der Waals surface area contributed by atoms with Crippen molar-refractivity contribution in [2.45, 2.75) is 12.5 Å². The molecule has 1 amide bonds. The number of hydrogen-bond donors (Lipinski definition) is 1. The third kappa shape index (κ3) is 3.56. The molecule has 31 heavy (non-hydrogen) atoms. The van der Waals surface area contributed by atoms with Crippen LogP contribution < -0.4 is 10.9 Å². The van der Waals surface area contributed by atoms with Crippen LogP contribution in [0.25, 0.3) is 27.3 Å². The van der Waals surface area contributed by atoms with Crippen molar-refractivity contribution in [3.05, 3.63) is 70.6 Å². The van der Waals surface area contributed by atoms with Gasteiger partial charge in [-0.1, -0.05) is 30.3 Å². The first kappa shape index (κ1) is 19.7. The van der Waals surface area contributed by atoms with Crippen LogP contribution in [-0.4, -0.2) is 59.6 Å². The molecular weight excluding hydrogens is 392 g/mol. The van der Waals surface area contributed by atoms with Crippen LogP contribution in [0.5, 0.6) is 0 Å². The molecule has 1 atom stereocenters. The number of hydrogen-bond acceptors (Lipinski definition) is 5. The lowest BCUT2D eigenvalue weighted by atomic mass is 10.1. The molecule has 0 bridgehead atoms. The third-order valence-corrected chi connectivity index (χ3v) is 6.06. The van der Waals surface area contributed by atoms with Crippen LogP contribution >= 0.6 is 0 Å². The second-order valence-corrected chi connectivity index (χ2v) is 7.92. The van der Waals surface area contributed by atoms with E-state index in [0.717, 1.165) is 36.8 Å². The van der Waals surface area contributed by atoms with Gasteiger partial charge < -0.3 is 10.1 Å². The topological polar surface area (TPSA) is 75.9 Å². The van der Waals surface area contributed by atoms with E-state index in [1.54, 1.807) is 31.5 Å². The number of likely N-dealkylation sites (tertiary alicyclic amines) is 1. The van der Waals surface area contributed by atoms with Gasteiger partial charge in [-0.2, -0.15) is 0 Å². The molecule has 2 aromatic carbocycles. The summed E-state index contributed by atoms with van der Waals surface area (Å²) < 4.78 is 6.85. The highest BCUT2D eigenvalue weighted by Gasteiger charge is 2.22. The summed E-state index contributed by atoms with van der Waals surface area (Å²) in [5.74, 6) is -0.230. The summed E-state index contributed by atoms with van der Waals surface area (Å²) in [5.41, 5.74) is 1.20. The Bertz CT molecular complexity index is 1350. The Labute approximate surface area is 179 Å². The maximum atomic E-state index is 13.1. The van der Waals surface area contributed by atoms with Gasteiger partial charge in [-0.25, -0.2) is 4.98 Å². The lowest BCUT2D eigenvalue weighted by Gasteiger charge is -2.16. The van der Waals surface area contributed by atoms with Crippen LogP contribution in [0.3, 0.4) is 0 Å². The first-order valence-electron chi connectivity index (χ1n) is 10.5. The molecule has 1 aliphatic rings. The molecule has 1 aliphatic heterocycles. The van der Waals surface area contributed by atoms with Crippen molar-refractivity contribution in [2.75, 3.05) is 33.3 Å². The number of pyridine rings is 1. The maximum absolute atomic E-state index is 13.1. The van der Waals surface area contributed by atoms with Crippen molar-refractivity contribution in [3.63, 3.8) is 0 Å². The molecule has 1 saturated heterocycles. The number of fused-ring (bicyclic) bond motifs is 4. The normalized spacial score (nSPS) is 17.0. The Balaban J connectivity index is 1.48. The number of benzene rings is 2. The van der Waals surface area contributed by atoms with E-state index in [4.69, 9.17) is 9.72 Å². The summed E-state index contributed by atoms with van der Waals surface area (Å²) in [6, 6.07) is 15.0. The van der Waals surface area contributed by atoms with Crippen molar-refractivity contribution < 1.29 is 9.53 Å². The van der Waals surface area contributed by atoms with Crippen molar-refractivity contribution in [1.82, 2.24) is 19.6 Å². The Morgan fingerprint density at radius 2 is 2.03 bits per heavy atom. The maximum Gasteiger partial charge on any atom is 0.265 e. The zero-order valence-corrected chi connectivity index (χ0v) is 17.4. The SMILES string of the molecule is CO[C@@H]1CCN(CCNC(=O)c2cccn3c(=O)c4ccc5ccccc5c4nc23)C1. The van der Waals surface area contributed by atoms with E-state index in [1.807, 2.05) is 30.3 Å². The number of methoxy groups -OCH3 is 1. The Hall–Kier alpha value is -3.29. The van der Waals surface area contributed by atoms with Crippen molar-refractivity contribution in [3.8, 4) is 0 Å². The fourth-order valence-electron chi connectivity index (χ4n) is 4.35. The van der Waals surface area contributed by atoms with E-state index in [9.17, 15) is 9.59 Å². The lowest BCUT2D eigenvalue weighted by Crippen LogP contribution is -2.34. The zero-order valence-electron chi connectivity index (χ0n) is 17.4. The molecule has 0 radical (unpaired) electrons. The molecule has 0 spiro atoms. The fraction of sp³-hybridized carbons (Fsp3) is 0.292. The predicted molar refractivity (Wildman–Crippen MR) is 121 cm³/mol. The third-order valence-electron chi connectivity index (χ3n) is 6.06. The van der Waals surface area contributed by atoms with E-state index < -0.39 is 0 Å². The molecule has 1 N–H and O–H groups in total. The van der Waals surface area contributed by atoms with Gasteiger partial charge in [0.2, 0.25) is 0 Å². The first-order chi connectivity index (χ1) is 15.2. The molecule has 0 aliphatic carbocycles. The molecule has 4 aromatic rings. The van der Waals surface area contributed by atoms with E-state index >= 15 is 0 Å². The zero-order chi connectivity index (χ0) is 21.4. The predicted octanol–water partition coefficient (Wildman–Crippen LogP) is 2.45. The summed E-state index contributed by atoms with van der Waals surface area (Å²) in [7, 11) is 1.73. The standard InChI is InChI=1S/C24H24N4O3/c1-31-17-10-13-27(15-17)14-11-25-23(29)20-7-4-12-28-22(20)26-21-18-6-3-2-5-16(18)8-9-19(21)24(28)30/h2-9,12,17H,10-11,13-15H2,1H3,(H,25,29)/t17-/m1/s1. The van der Waals surface area contributed by atoms with Crippen LogP contribution in [-0.2, 0) is 4.74 Å². The number of nitrogens with one attached hydrogen (secondary N) is 1. The number of carbonyl (C=O) groups excluding carboxylic acids is 1. The fourth-order valence-corrected chi connectivity index (χ4v) is 4.35. The first-order valence-corrected chi connectivity index (χ1v) is 10.5. The van der Waals surface area contributed by atoms with Crippen LogP contribution in [0.15, 0.2) is 59.5 Å². The Morgan fingerprint density at radius 3 is 2.87 bits per heavy atom. The second-order valence-electron chi connectivity index (χ2n) is 7.92. The molecule has 2 aromatic heterocycles. The van der Waals surface area contributed by atoms with Gasteiger partial charge in [0.1, 0.15) is 0 Å². The minimum Gasteiger partial charge on any atom is -0.380 e. The summed E-state index contributed by atoms with van der Waals surface area (Å²) in [5, 5.41) is 5.42. The number of aromatic nitrogens is 2. The van der Waals surface area contributed by atoms with Gasteiger partial charge >= 0.3 is 0 Å². The van der Waals surface area contributed by atoms with Crippen molar-refractivity contribution in [1.29, 1.82) is 0 Å². The van der Waals surface area contributed by atoms with E-state index in [-0.39, 0.29) is 17.6 Å². The average molecular weight is 416 g/mol. The number of amides is 1. The monoisotopic (exact) mass is 416 g/mol. The summed E-state index contributed by atoms with van der Waals surface area (Å²) in [6.45, 7) is 3.14. The molecule has 158 valence electrons. The smallest absolute Gasteiger partial charge is 0.265 e. The van der Waals surface area contributed by atoms with Crippen LogP contribution in [0.2, 0.25) is 0 Å². The molecule has 7 heteroatoms. The highest BCUT2D eigenvalue weighted by molar-refractivity contribution is 6.07. The average Bonchev–Trinajstić information content (AvgIpc) is 3.27. The molecule has 7 nitrogen and oxygen atoms in total. The largest absolute Gasteiger partial charge is 0.380 e. The van der Waals surface area contributed by atoms with Gasteiger partial charge in [-0.15, -0.1) is 0 Å². The highest BCUT2D eigenvalue weighted by atomic mass is 16.5. The van der Waals surface area contributed by atoms with Gasteiger partial charge in [-0.05, 0) is 30.0 Å². The number of nitrogens with zero attached hydrogens (tertiary/aromatic N) is 3. The summed E-state index contributed by atoms with van der Waals surface area (Å²) in [4.78, 5) is 33.1. The van der Waals surface area contributed by atoms with Crippen LogP contribution in [0.1, 0.15) is 16.8 Å². The van der Waals surface area contributed by atoms with Crippen molar-refractivity contribution in [2.24, 2.45) is 0 Å². The van der Waals surface area contributed by atoms with E-state index in [1.165, 1.54) is 4.40 Å². The minimum atomic E-state index is -0.230. The van der Waals surface area contributed by atoms with E-state index in [2.05, 4.69) is 10.2 Å². The van der Waals surface area contributed by atoms with Gasteiger partial charge in [0.25, 0.3) is 11.5 Å². The van der Waals surface area contributed by atoms with Gasteiger partial charge in [-0.3, -0.25) is 18.9 Å². The van der Waals surface area contributed by atoms with Crippen LogP contribution in [0, 0.1) is 0 Å². The summed E-state index contributed by atoms with van der Waals surface area (Å²) in [6.07, 6.45) is 2.94. The lowest BCUT2D eigenvalue weighted by molar-refractivity contribution is 0.0945. The van der Waals surface area contributed by atoms with Gasteiger partial charge in [0.15, 0.2) is 5.65 Å². The molecule has 5 rings (SSSR count). The second kappa shape index (κ2) is 8.09. The van der Waals surface area contributed by atoms with Crippen LogP contribution in [0.4, 0.5) is 0 Å². The summed E-state index contributed by atoms with van der Waals surface area (Å²) >= 11 is 0. The molecule has 0 saturated carbocycles. The number of carbonyl (C=O) groups is 1.